The zero-order valence-corrected chi connectivity index (χ0v) is 14.2. The lowest BCUT2D eigenvalue weighted by Gasteiger charge is -2.23. The Morgan fingerprint density at radius 2 is 2.00 bits per heavy atom. The van der Waals surface area contributed by atoms with Crippen LogP contribution in [0.2, 0.25) is 5.02 Å². The average Bonchev–Trinajstić information content (AvgIpc) is 3.11. The first-order valence-electron chi connectivity index (χ1n) is 8.04. The molecule has 128 valence electrons. The smallest absolute Gasteiger partial charge is 0.288 e. The Morgan fingerprint density at radius 1 is 1.24 bits per heavy atom. The monoisotopic (exact) mass is 356 g/mol. The molecule has 1 fully saturated rings. The van der Waals surface area contributed by atoms with Gasteiger partial charge in [-0.05, 0) is 36.1 Å². The van der Waals surface area contributed by atoms with E-state index in [1.54, 1.807) is 12.1 Å². The van der Waals surface area contributed by atoms with Crippen LogP contribution in [0, 0.1) is 10.1 Å². The molecule has 0 N–H and O–H groups in total. The third-order valence-electron chi connectivity index (χ3n) is 4.31. The molecule has 1 aliphatic rings. The zero-order valence-electron chi connectivity index (χ0n) is 13.5. The highest BCUT2D eigenvalue weighted by atomic mass is 35.5. The number of carbonyl (C=O) groups is 1. The van der Waals surface area contributed by atoms with Crippen LogP contribution in [-0.4, -0.2) is 22.3 Å². The van der Waals surface area contributed by atoms with Gasteiger partial charge in [-0.2, -0.15) is 0 Å². The molecular formula is C19H17ClN2O3. The molecule has 0 saturated carbocycles. The van der Waals surface area contributed by atoms with E-state index in [0.717, 1.165) is 18.4 Å². The summed E-state index contributed by atoms with van der Waals surface area (Å²) in [6.45, 7) is 0.712. The maximum absolute atomic E-state index is 12.6. The maximum Gasteiger partial charge on any atom is 0.288 e. The highest BCUT2D eigenvalue weighted by Crippen LogP contribution is 2.32. The summed E-state index contributed by atoms with van der Waals surface area (Å²) >= 11 is 5.80. The largest absolute Gasteiger partial charge is 0.332 e. The average molecular weight is 357 g/mol. The predicted octanol–water partition coefficient (Wildman–Crippen LogP) is 4.63. The van der Waals surface area contributed by atoms with Crippen molar-refractivity contribution in [3.63, 3.8) is 0 Å². The van der Waals surface area contributed by atoms with Crippen molar-refractivity contribution in [1.29, 1.82) is 0 Å². The molecule has 1 saturated heterocycles. The van der Waals surface area contributed by atoms with Crippen LogP contribution < -0.4 is 0 Å². The first-order valence-corrected chi connectivity index (χ1v) is 8.41. The van der Waals surface area contributed by atoms with Gasteiger partial charge in [0.15, 0.2) is 0 Å². The minimum absolute atomic E-state index is 0.0807. The second-order valence-electron chi connectivity index (χ2n) is 5.90. The van der Waals surface area contributed by atoms with Crippen molar-refractivity contribution in [2.24, 2.45) is 0 Å². The Kier molecular flexibility index (Phi) is 5.14. The van der Waals surface area contributed by atoms with Gasteiger partial charge >= 0.3 is 0 Å². The van der Waals surface area contributed by atoms with Gasteiger partial charge < -0.3 is 4.90 Å². The number of hydrogen-bond acceptors (Lipinski definition) is 3. The fourth-order valence-corrected chi connectivity index (χ4v) is 3.28. The van der Waals surface area contributed by atoms with Gasteiger partial charge in [0.25, 0.3) is 5.69 Å². The van der Waals surface area contributed by atoms with E-state index in [1.807, 2.05) is 35.2 Å². The van der Waals surface area contributed by atoms with Crippen LogP contribution in [0.1, 0.15) is 30.0 Å². The highest BCUT2D eigenvalue weighted by molar-refractivity contribution is 6.32. The van der Waals surface area contributed by atoms with E-state index in [1.165, 1.54) is 18.2 Å². The number of nitrogens with zero attached hydrogens (tertiary/aromatic N) is 2. The summed E-state index contributed by atoms with van der Waals surface area (Å²) in [5.41, 5.74) is 1.53. The van der Waals surface area contributed by atoms with Gasteiger partial charge in [-0.25, -0.2) is 0 Å². The molecule has 0 aromatic heterocycles. The summed E-state index contributed by atoms with van der Waals surface area (Å²) in [6, 6.07) is 14.5. The SMILES string of the molecule is O=C(C=Cc1ccc(Cl)c([N+](=O)[O-])c1)N1CCCC1c1ccccc1. The quantitative estimate of drug-likeness (QED) is 0.456. The van der Waals surface area contributed by atoms with E-state index < -0.39 is 4.92 Å². The van der Waals surface area contributed by atoms with Gasteiger partial charge in [0.2, 0.25) is 5.91 Å². The summed E-state index contributed by atoms with van der Waals surface area (Å²) in [5.74, 6) is -0.0936. The molecule has 1 heterocycles. The van der Waals surface area contributed by atoms with E-state index >= 15 is 0 Å². The van der Waals surface area contributed by atoms with Crippen LogP contribution in [0.4, 0.5) is 5.69 Å². The number of rotatable bonds is 4. The molecule has 0 bridgehead atoms. The highest BCUT2D eigenvalue weighted by Gasteiger charge is 2.28. The van der Waals surface area contributed by atoms with Crippen LogP contribution in [0.5, 0.6) is 0 Å². The van der Waals surface area contributed by atoms with Gasteiger partial charge in [0, 0.05) is 18.7 Å². The third kappa shape index (κ3) is 3.88. The number of benzene rings is 2. The van der Waals surface area contributed by atoms with Crippen molar-refractivity contribution in [2.45, 2.75) is 18.9 Å². The van der Waals surface area contributed by atoms with Crippen molar-refractivity contribution in [3.05, 3.63) is 80.9 Å². The number of likely N-dealkylation sites (tertiary alicyclic amines) is 1. The number of nitro benzene ring substituents is 1. The van der Waals surface area contributed by atoms with Gasteiger partial charge in [-0.3, -0.25) is 14.9 Å². The Morgan fingerprint density at radius 3 is 2.72 bits per heavy atom. The molecule has 3 rings (SSSR count). The van der Waals surface area contributed by atoms with Crippen molar-refractivity contribution in [1.82, 2.24) is 4.90 Å². The standard InChI is InChI=1S/C19H17ClN2O3/c20-16-10-8-14(13-18(16)22(24)25)9-11-19(23)21-12-4-7-17(21)15-5-2-1-3-6-15/h1-3,5-6,8-11,13,17H,4,7,12H2. The number of hydrogen-bond donors (Lipinski definition) is 0. The summed E-state index contributed by atoms with van der Waals surface area (Å²) < 4.78 is 0. The van der Waals surface area contributed by atoms with E-state index in [0.29, 0.717) is 12.1 Å². The van der Waals surface area contributed by atoms with Crippen LogP contribution in [0.25, 0.3) is 6.08 Å². The molecule has 1 amide bonds. The lowest BCUT2D eigenvalue weighted by Crippen LogP contribution is -2.28. The molecule has 0 spiro atoms. The van der Waals surface area contributed by atoms with Gasteiger partial charge in [0.1, 0.15) is 5.02 Å². The van der Waals surface area contributed by atoms with Crippen molar-refractivity contribution in [2.75, 3.05) is 6.54 Å². The fourth-order valence-electron chi connectivity index (χ4n) is 3.09. The lowest BCUT2D eigenvalue weighted by atomic mass is 10.0. The van der Waals surface area contributed by atoms with E-state index in [-0.39, 0.29) is 22.7 Å². The molecule has 1 aliphatic heterocycles. The van der Waals surface area contributed by atoms with Crippen molar-refractivity contribution < 1.29 is 9.72 Å². The Bertz CT molecular complexity index is 821. The fraction of sp³-hybridized carbons (Fsp3) is 0.211. The molecule has 2 aromatic carbocycles. The predicted molar refractivity (Wildman–Crippen MR) is 97.3 cm³/mol. The molecular weight excluding hydrogens is 340 g/mol. The van der Waals surface area contributed by atoms with Gasteiger partial charge in [0.05, 0.1) is 11.0 Å². The van der Waals surface area contributed by atoms with Gasteiger partial charge in [-0.1, -0.05) is 48.0 Å². The van der Waals surface area contributed by atoms with Crippen molar-refractivity contribution >= 4 is 29.3 Å². The normalized spacial score (nSPS) is 17.2. The van der Waals surface area contributed by atoms with E-state index in [2.05, 4.69) is 0 Å². The first-order chi connectivity index (χ1) is 12.1. The number of halogens is 1. The van der Waals surface area contributed by atoms with Crippen LogP contribution in [0.15, 0.2) is 54.6 Å². The zero-order chi connectivity index (χ0) is 17.8. The molecule has 6 heteroatoms. The summed E-state index contributed by atoms with van der Waals surface area (Å²) in [4.78, 5) is 24.8. The molecule has 1 unspecified atom stereocenters. The minimum atomic E-state index is -0.534. The van der Waals surface area contributed by atoms with Crippen LogP contribution in [-0.2, 0) is 4.79 Å². The maximum atomic E-state index is 12.6. The second-order valence-corrected chi connectivity index (χ2v) is 6.31. The van der Waals surface area contributed by atoms with E-state index in [4.69, 9.17) is 11.6 Å². The lowest BCUT2D eigenvalue weighted by molar-refractivity contribution is -0.384. The van der Waals surface area contributed by atoms with Gasteiger partial charge in [-0.15, -0.1) is 0 Å². The number of amides is 1. The molecule has 0 aliphatic carbocycles. The molecule has 2 aromatic rings. The molecule has 5 nitrogen and oxygen atoms in total. The Hall–Kier alpha value is -2.66. The minimum Gasteiger partial charge on any atom is -0.332 e. The van der Waals surface area contributed by atoms with Crippen molar-refractivity contribution in [3.8, 4) is 0 Å². The molecule has 0 radical (unpaired) electrons. The van der Waals surface area contributed by atoms with Crippen LogP contribution >= 0.6 is 11.6 Å². The van der Waals surface area contributed by atoms with Crippen LogP contribution in [0.3, 0.4) is 0 Å². The number of nitro groups is 1. The summed E-state index contributed by atoms with van der Waals surface area (Å²) in [6.07, 6.45) is 4.96. The molecule has 1 atom stereocenters. The molecule has 25 heavy (non-hydrogen) atoms. The number of carbonyl (C=O) groups excluding carboxylic acids is 1. The Balaban J connectivity index is 1.76. The van der Waals surface area contributed by atoms with E-state index in [9.17, 15) is 14.9 Å². The Labute approximate surface area is 150 Å². The second kappa shape index (κ2) is 7.49. The first kappa shape index (κ1) is 17.2. The summed E-state index contributed by atoms with van der Waals surface area (Å²) in [5, 5.41) is 11.0. The third-order valence-corrected chi connectivity index (χ3v) is 4.63. The topological polar surface area (TPSA) is 63.4 Å². The summed E-state index contributed by atoms with van der Waals surface area (Å²) in [7, 11) is 0.